The van der Waals surface area contributed by atoms with Crippen LogP contribution < -0.4 is 14.8 Å². The van der Waals surface area contributed by atoms with Gasteiger partial charge in [-0.2, -0.15) is 0 Å². The van der Waals surface area contributed by atoms with E-state index in [4.69, 9.17) is 21.1 Å². The fourth-order valence-corrected chi connectivity index (χ4v) is 3.34. The maximum absolute atomic E-state index is 12.9. The summed E-state index contributed by atoms with van der Waals surface area (Å²) in [5, 5.41) is 3.18. The molecule has 7 heteroatoms. The van der Waals surface area contributed by atoms with Crippen molar-refractivity contribution in [2.24, 2.45) is 5.92 Å². The quantitative estimate of drug-likeness (QED) is 0.581. The molecule has 0 aliphatic heterocycles. The summed E-state index contributed by atoms with van der Waals surface area (Å²) in [5.74, 6) is 0.671. The smallest absolute Gasteiger partial charge is 0.254 e. The largest absolute Gasteiger partial charge is 0.493 e. The standard InChI is InChI=1S/C24H31ClN2O4/c1-15(2)10-11-31-23-19(25)12-18(13-20(23)30-6)24(29)27(5)14-21(28)26-22-16(3)8-7-9-17(22)4/h7-9,12-13,15H,10-11,14H2,1-6H3,(H,26,28). The van der Waals surface area contributed by atoms with Crippen molar-refractivity contribution in [1.29, 1.82) is 0 Å². The van der Waals surface area contributed by atoms with Crippen LogP contribution in [0, 0.1) is 19.8 Å². The van der Waals surface area contributed by atoms with Crippen LogP contribution >= 0.6 is 11.6 Å². The summed E-state index contributed by atoms with van der Waals surface area (Å²) in [6.45, 7) is 8.47. The third-order valence-electron chi connectivity index (χ3n) is 4.89. The molecule has 0 aliphatic carbocycles. The van der Waals surface area contributed by atoms with Crippen LogP contribution in [0.4, 0.5) is 5.69 Å². The number of carbonyl (C=O) groups excluding carboxylic acids is 2. The second-order valence-corrected chi connectivity index (χ2v) is 8.40. The Kier molecular flexibility index (Phi) is 8.75. The molecule has 2 aromatic rings. The number of para-hydroxylation sites is 1. The van der Waals surface area contributed by atoms with E-state index in [1.807, 2.05) is 32.0 Å². The van der Waals surface area contributed by atoms with E-state index in [9.17, 15) is 9.59 Å². The molecule has 2 rings (SSSR count). The topological polar surface area (TPSA) is 67.9 Å². The maximum atomic E-state index is 12.9. The van der Waals surface area contributed by atoms with Gasteiger partial charge >= 0.3 is 0 Å². The lowest BCUT2D eigenvalue weighted by atomic mass is 10.1. The molecule has 31 heavy (non-hydrogen) atoms. The molecule has 0 fully saturated rings. The molecule has 2 amide bonds. The first-order valence-corrected chi connectivity index (χ1v) is 10.6. The number of amides is 2. The van der Waals surface area contributed by atoms with E-state index in [1.54, 1.807) is 13.1 Å². The summed E-state index contributed by atoms with van der Waals surface area (Å²) < 4.78 is 11.2. The summed E-state index contributed by atoms with van der Waals surface area (Å²) >= 11 is 6.37. The molecule has 0 aromatic heterocycles. The third kappa shape index (κ3) is 6.62. The van der Waals surface area contributed by atoms with Crippen LogP contribution in [-0.4, -0.2) is 44.0 Å². The highest BCUT2D eigenvalue weighted by Crippen LogP contribution is 2.37. The zero-order valence-electron chi connectivity index (χ0n) is 19.0. The number of benzene rings is 2. The van der Waals surface area contributed by atoms with Crippen molar-refractivity contribution in [2.45, 2.75) is 34.1 Å². The van der Waals surface area contributed by atoms with Crippen LogP contribution in [0.1, 0.15) is 41.8 Å². The van der Waals surface area contributed by atoms with Gasteiger partial charge in [0.15, 0.2) is 11.5 Å². The number of nitrogens with zero attached hydrogens (tertiary/aromatic N) is 1. The van der Waals surface area contributed by atoms with E-state index < -0.39 is 0 Å². The molecule has 0 aliphatic rings. The van der Waals surface area contributed by atoms with E-state index in [1.165, 1.54) is 18.1 Å². The van der Waals surface area contributed by atoms with Gasteiger partial charge in [-0.25, -0.2) is 0 Å². The molecule has 0 heterocycles. The van der Waals surface area contributed by atoms with Gasteiger partial charge in [-0.05, 0) is 49.4 Å². The molecular formula is C24H31ClN2O4. The number of hydrogen-bond donors (Lipinski definition) is 1. The molecule has 0 radical (unpaired) electrons. The molecule has 6 nitrogen and oxygen atoms in total. The Bertz CT molecular complexity index is 923. The Labute approximate surface area is 189 Å². The molecule has 2 aromatic carbocycles. The van der Waals surface area contributed by atoms with Crippen LogP contribution in [0.15, 0.2) is 30.3 Å². The summed E-state index contributed by atoms with van der Waals surface area (Å²) in [4.78, 5) is 26.7. The van der Waals surface area contributed by atoms with Crippen LogP contribution in [0.5, 0.6) is 11.5 Å². The van der Waals surface area contributed by atoms with Gasteiger partial charge in [-0.1, -0.05) is 43.6 Å². The second kappa shape index (κ2) is 11.0. The van der Waals surface area contributed by atoms with Gasteiger partial charge in [-0.3, -0.25) is 9.59 Å². The number of halogens is 1. The Morgan fingerprint density at radius 3 is 2.39 bits per heavy atom. The average Bonchev–Trinajstić information content (AvgIpc) is 2.70. The summed E-state index contributed by atoms with van der Waals surface area (Å²) in [7, 11) is 3.07. The average molecular weight is 447 g/mol. The number of carbonyl (C=O) groups is 2. The fraction of sp³-hybridized carbons (Fsp3) is 0.417. The van der Waals surface area contributed by atoms with Crippen molar-refractivity contribution in [3.05, 3.63) is 52.0 Å². The molecular weight excluding hydrogens is 416 g/mol. The number of rotatable bonds is 9. The molecule has 0 unspecified atom stereocenters. The van der Waals surface area contributed by atoms with Crippen LogP contribution in [0.25, 0.3) is 0 Å². The van der Waals surface area contributed by atoms with Gasteiger partial charge < -0.3 is 19.7 Å². The summed E-state index contributed by atoms with van der Waals surface area (Å²) in [6, 6.07) is 8.91. The highest BCUT2D eigenvalue weighted by atomic mass is 35.5. The summed E-state index contributed by atoms with van der Waals surface area (Å²) in [6.07, 6.45) is 0.873. The minimum absolute atomic E-state index is 0.0980. The number of aryl methyl sites for hydroxylation is 2. The van der Waals surface area contributed by atoms with E-state index in [-0.39, 0.29) is 18.4 Å². The Hall–Kier alpha value is -2.73. The number of ether oxygens (including phenoxy) is 2. The van der Waals surface area contributed by atoms with Crippen LogP contribution in [0.2, 0.25) is 5.02 Å². The monoisotopic (exact) mass is 446 g/mol. The lowest BCUT2D eigenvalue weighted by Gasteiger charge is -2.20. The molecule has 1 N–H and O–H groups in total. The highest BCUT2D eigenvalue weighted by molar-refractivity contribution is 6.32. The minimum Gasteiger partial charge on any atom is -0.493 e. The second-order valence-electron chi connectivity index (χ2n) is 8.00. The third-order valence-corrected chi connectivity index (χ3v) is 5.17. The van der Waals surface area contributed by atoms with Crippen molar-refractivity contribution in [3.63, 3.8) is 0 Å². The van der Waals surface area contributed by atoms with Gasteiger partial charge in [0.1, 0.15) is 0 Å². The first kappa shape index (κ1) is 24.5. The van der Waals surface area contributed by atoms with Gasteiger partial charge in [0.25, 0.3) is 5.91 Å². The number of likely N-dealkylation sites (N-methyl/N-ethyl adjacent to an activating group) is 1. The molecule has 168 valence electrons. The van der Waals surface area contributed by atoms with Crippen LogP contribution in [-0.2, 0) is 4.79 Å². The van der Waals surface area contributed by atoms with Gasteiger partial charge in [0.2, 0.25) is 5.91 Å². The van der Waals surface area contributed by atoms with Gasteiger partial charge in [0, 0.05) is 18.3 Å². The van der Waals surface area contributed by atoms with Gasteiger partial charge in [-0.15, -0.1) is 0 Å². The Morgan fingerprint density at radius 2 is 1.81 bits per heavy atom. The van der Waals surface area contributed by atoms with Crippen molar-refractivity contribution in [1.82, 2.24) is 4.90 Å². The molecule has 0 saturated carbocycles. The van der Waals surface area contributed by atoms with Crippen molar-refractivity contribution >= 4 is 29.1 Å². The predicted molar refractivity (Wildman–Crippen MR) is 124 cm³/mol. The fourth-order valence-electron chi connectivity index (χ4n) is 3.08. The number of hydrogen-bond acceptors (Lipinski definition) is 4. The van der Waals surface area contributed by atoms with E-state index >= 15 is 0 Å². The normalized spacial score (nSPS) is 10.7. The first-order chi connectivity index (χ1) is 14.6. The highest BCUT2D eigenvalue weighted by Gasteiger charge is 2.20. The first-order valence-electron chi connectivity index (χ1n) is 10.3. The zero-order valence-corrected chi connectivity index (χ0v) is 19.8. The Balaban J connectivity index is 2.10. The minimum atomic E-state index is -0.342. The van der Waals surface area contributed by atoms with Crippen LogP contribution in [0.3, 0.4) is 0 Å². The summed E-state index contributed by atoms with van der Waals surface area (Å²) in [5.41, 5.74) is 3.01. The Morgan fingerprint density at radius 1 is 1.16 bits per heavy atom. The lowest BCUT2D eigenvalue weighted by Crippen LogP contribution is -2.35. The van der Waals surface area contributed by atoms with Gasteiger partial charge in [0.05, 0.1) is 25.3 Å². The van der Waals surface area contributed by atoms with E-state index in [0.29, 0.717) is 34.6 Å². The molecule has 0 bridgehead atoms. The molecule has 0 spiro atoms. The van der Waals surface area contributed by atoms with E-state index in [0.717, 1.165) is 23.2 Å². The van der Waals surface area contributed by atoms with E-state index in [2.05, 4.69) is 19.2 Å². The van der Waals surface area contributed by atoms with Crippen molar-refractivity contribution < 1.29 is 19.1 Å². The lowest BCUT2D eigenvalue weighted by molar-refractivity contribution is -0.116. The predicted octanol–water partition coefficient (Wildman–Crippen LogP) is 5.10. The number of anilines is 1. The van der Waals surface area contributed by atoms with Crippen molar-refractivity contribution in [3.8, 4) is 11.5 Å². The molecule has 0 saturated heterocycles. The molecule has 0 atom stereocenters. The zero-order chi connectivity index (χ0) is 23.1. The maximum Gasteiger partial charge on any atom is 0.254 e. The van der Waals surface area contributed by atoms with Crippen molar-refractivity contribution in [2.75, 3.05) is 32.6 Å². The number of nitrogens with one attached hydrogen (secondary N) is 1. The number of methoxy groups -OCH3 is 1. The SMILES string of the molecule is COc1cc(C(=O)N(C)CC(=O)Nc2c(C)cccc2C)cc(Cl)c1OCCC(C)C.